The normalized spacial score (nSPS) is 19.3. The number of rotatable bonds is 3. The van der Waals surface area contributed by atoms with E-state index in [0.717, 1.165) is 16.8 Å². The number of ether oxygens (including phenoxy) is 2. The predicted molar refractivity (Wildman–Crippen MR) is 98.8 cm³/mol. The number of methoxy groups -OCH3 is 1. The summed E-state index contributed by atoms with van der Waals surface area (Å²) in [5.41, 5.74) is 2.83. The summed E-state index contributed by atoms with van der Waals surface area (Å²) in [7, 11) is 1.39. The fourth-order valence-electron chi connectivity index (χ4n) is 2.99. The van der Waals surface area contributed by atoms with E-state index in [-0.39, 0.29) is 12.2 Å². The summed E-state index contributed by atoms with van der Waals surface area (Å²) in [6.07, 6.45) is 3.90. The average molecular weight is 366 g/mol. The van der Waals surface area contributed by atoms with Gasteiger partial charge in [-0.25, -0.2) is 9.48 Å². The molecule has 1 aliphatic carbocycles. The highest BCUT2D eigenvalue weighted by molar-refractivity contribution is 5.67. The van der Waals surface area contributed by atoms with Crippen LogP contribution in [-0.2, 0) is 16.0 Å². The first-order valence-corrected chi connectivity index (χ1v) is 9.18. The summed E-state index contributed by atoms with van der Waals surface area (Å²) in [4.78, 5) is 13.3. The monoisotopic (exact) mass is 366 g/mol. The van der Waals surface area contributed by atoms with Crippen LogP contribution in [0.5, 0.6) is 0 Å². The molecule has 1 aliphatic heterocycles. The molecule has 0 bridgehead atoms. The van der Waals surface area contributed by atoms with Crippen LogP contribution in [0.3, 0.4) is 0 Å². The van der Waals surface area contributed by atoms with Crippen LogP contribution in [0.4, 0.5) is 4.79 Å². The molecule has 2 aliphatic rings. The van der Waals surface area contributed by atoms with E-state index in [1.165, 1.54) is 20.0 Å². The molecule has 2 fully saturated rings. The van der Waals surface area contributed by atoms with Gasteiger partial charge in [-0.1, -0.05) is 29.2 Å². The maximum absolute atomic E-state index is 11.7. The Bertz CT molecular complexity index is 861. The number of benzene rings is 1. The molecule has 1 unspecified atom stereocenters. The maximum atomic E-state index is 11.7. The van der Waals surface area contributed by atoms with Crippen molar-refractivity contribution in [2.24, 2.45) is 5.92 Å². The Morgan fingerprint density at radius 3 is 2.89 bits per heavy atom. The molecule has 2 aromatic rings. The summed E-state index contributed by atoms with van der Waals surface area (Å²) in [6, 6.07) is 8.06. The quantitative estimate of drug-likeness (QED) is 0.779. The SMILES string of the molecule is COC(=O)N1CCOC(Cn2cc(-c3ccc(C#CC4CC4)cc3)nn2)C1. The van der Waals surface area contributed by atoms with Crippen molar-refractivity contribution in [3.8, 4) is 23.1 Å². The number of amides is 1. The van der Waals surface area contributed by atoms with Crippen LogP contribution in [0.1, 0.15) is 18.4 Å². The standard InChI is InChI=1S/C20H22N4O3/c1-26-20(25)23-10-11-27-18(12-23)13-24-14-19(21-22-24)17-8-6-16(7-9-17)5-4-15-2-3-15/h6-9,14-15,18H,2-3,10-13H2,1H3. The minimum Gasteiger partial charge on any atom is -0.453 e. The fourth-order valence-corrected chi connectivity index (χ4v) is 2.99. The van der Waals surface area contributed by atoms with Crippen LogP contribution in [0, 0.1) is 17.8 Å². The van der Waals surface area contributed by atoms with Gasteiger partial charge in [-0.3, -0.25) is 0 Å². The zero-order chi connectivity index (χ0) is 18.6. The van der Waals surface area contributed by atoms with Crippen molar-refractivity contribution in [3.63, 3.8) is 0 Å². The molecule has 0 N–H and O–H groups in total. The van der Waals surface area contributed by atoms with Crippen LogP contribution in [-0.4, -0.2) is 58.9 Å². The summed E-state index contributed by atoms with van der Waals surface area (Å²) in [6.45, 7) is 2.05. The molecule has 1 saturated carbocycles. The van der Waals surface area contributed by atoms with Crippen LogP contribution < -0.4 is 0 Å². The average Bonchev–Trinajstić information content (AvgIpc) is 3.43. The number of carbonyl (C=O) groups is 1. The van der Waals surface area contributed by atoms with Crippen molar-refractivity contribution < 1.29 is 14.3 Å². The van der Waals surface area contributed by atoms with Crippen LogP contribution in [0.15, 0.2) is 30.5 Å². The second-order valence-corrected chi connectivity index (χ2v) is 6.86. The van der Waals surface area contributed by atoms with Crippen molar-refractivity contribution in [2.75, 3.05) is 26.8 Å². The van der Waals surface area contributed by atoms with Gasteiger partial charge >= 0.3 is 6.09 Å². The number of hydrogen-bond donors (Lipinski definition) is 0. The number of carbonyl (C=O) groups excluding carboxylic acids is 1. The third-order valence-electron chi connectivity index (χ3n) is 4.68. The molecule has 7 nitrogen and oxygen atoms in total. The van der Waals surface area contributed by atoms with E-state index in [2.05, 4.69) is 22.2 Å². The van der Waals surface area contributed by atoms with Crippen molar-refractivity contribution in [2.45, 2.75) is 25.5 Å². The van der Waals surface area contributed by atoms with E-state index >= 15 is 0 Å². The molecule has 140 valence electrons. The van der Waals surface area contributed by atoms with Gasteiger partial charge in [0.2, 0.25) is 0 Å². The Hall–Kier alpha value is -2.85. The largest absolute Gasteiger partial charge is 0.453 e. The lowest BCUT2D eigenvalue weighted by Gasteiger charge is -2.31. The van der Waals surface area contributed by atoms with Gasteiger partial charge in [0.05, 0.1) is 39.1 Å². The van der Waals surface area contributed by atoms with E-state index in [1.807, 2.05) is 30.5 Å². The molecule has 1 amide bonds. The van der Waals surface area contributed by atoms with E-state index in [1.54, 1.807) is 9.58 Å². The fraction of sp³-hybridized carbons (Fsp3) is 0.450. The van der Waals surface area contributed by atoms with Crippen LogP contribution in [0.2, 0.25) is 0 Å². The summed E-state index contributed by atoms with van der Waals surface area (Å²) >= 11 is 0. The first kappa shape index (κ1) is 17.6. The molecule has 0 radical (unpaired) electrons. The molecule has 1 saturated heterocycles. The molecular weight excluding hydrogens is 344 g/mol. The second kappa shape index (κ2) is 7.80. The summed E-state index contributed by atoms with van der Waals surface area (Å²) in [5.74, 6) is 7.08. The van der Waals surface area contributed by atoms with E-state index in [4.69, 9.17) is 9.47 Å². The lowest BCUT2D eigenvalue weighted by molar-refractivity contribution is -0.0332. The molecule has 0 spiro atoms. The van der Waals surface area contributed by atoms with Gasteiger partial charge in [-0.05, 0) is 25.0 Å². The number of aromatic nitrogens is 3. The van der Waals surface area contributed by atoms with Crippen molar-refractivity contribution in [1.29, 1.82) is 0 Å². The summed E-state index contributed by atoms with van der Waals surface area (Å²) < 4.78 is 12.3. The first-order chi connectivity index (χ1) is 13.2. The van der Waals surface area contributed by atoms with Crippen LogP contribution in [0.25, 0.3) is 11.3 Å². The number of morpholine rings is 1. The molecule has 1 aromatic heterocycles. The van der Waals surface area contributed by atoms with Gasteiger partial charge in [-0.2, -0.15) is 0 Å². The number of hydrogen-bond acceptors (Lipinski definition) is 5. The van der Waals surface area contributed by atoms with Gasteiger partial charge in [-0.15, -0.1) is 5.10 Å². The van der Waals surface area contributed by atoms with E-state index in [0.29, 0.717) is 32.2 Å². The Morgan fingerprint density at radius 1 is 1.33 bits per heavy atom. The predicted octanol–water partition coefficient (Wildman–Crippen LogP) is 2.17. The zero-order valence-corrected chi connectivity index (χ0v) is 15.3. The van der Waals surface area contributed by atoms with E-state index in [9.17, 15) is 4.79 Å². The second-order valence-electron chi connectivity index (χ2n) is 6.86. The van der Waals surface area contributed by atoms with Crippen molar-refractivity contribution in [1.82, 2.24) is 19.9 Å². The van der Waals surface area contributed by atoms with E-state index < -0.39 is 0 Å². The Kier molecular flexibility index (Phi) is 5.07. The maximum Gasteiger partial charge on any atom is 0.409 e. The highest BCUT2D eigenvalue weighted by atomic mass is 16.5. The molecule has 27 heavy (non-hydrogen) atoms. The Morgan fingerprint density at radius 2 is 2.15 bits per heavy atom. The van der Waals surface area contributed by atoms with Gasteiger partial charge < -0.3 is 14.4 Å². The highest BCUT2D eigenvalue weighted by Crippen LogP contribution is 2.27. The van der Waals surface area contributed by atoms with Crippen molar-refractivity contribution in [3.05, 3.63) is 36.0 Å². The lowest BCUT2D eigenvalue weighted by Crippen LogP contribution is -2.47. The molecular formula is C20H22N4O3. The molecule has 1 aromatic carbocycles. The van der Waals surface area contributed by atoms with Crippen molar-refractivity contribution >= 4 is 6.09 Å². The van der Waals surface area contributed by atoms with Gasteiger partial charge in [0, 0.05) is 23.6 Å². The highest BCUT2D eigenvalue weighted by Gasteiger charge is 2.25. The molecule has 7 heteroatoms. The van der Waals surface area contributed by atoms with Gasteiger partial charge in [0.1, 0.15) is 5.69 Å². The third kappa shape index (κ3) is 4.47. The topological polar surface area (TPSA) is 69.5 Å². The molecule has 1 atom stereocenters. The van der Waals surface area contributed by atoms with Gasteiger partial charge in [0.15, 0.2) is 0 Å². The lowest BCUT2D eigenvalue weighted by atomic mass is 10.1. The molecule has 4 rings (SSSR count). The number of nitrogens with zero attached hydrogens (tertiary/aromatic N) is 4. The minimum atomic E-state index is -0.326. The minimum absolute atomic E-state index is 0.132. The smallest absolute Gasteiger partial charge is 0.409 e. The first-order valence-electron chi connectivity index (χ1n) is 9.18. The molecule has 2 heterocycles. The Labute approximate surface area is 158 Å². The van der Waals surface area contributed by atoms with Gasteiger partial charge in [0.25, 0.3) is 0 Å². The third-order valence-corrected chi connectivity index (χ3v) is 4.68. The van der Waals surface area contributed by atoms with Crippen LogP contribution >= 0.6 is 0 Å². The zero-order valence-electron chi connectivity index (χ0n) is 15.3. The Balaban J connectivity index is 1.38. The summed E-state index contributed by atoms with van der Waals surface area (Å²) in [5, 5.41) is 8.44.